The van der Waals surface area contributed by atoms with Crippen LogP contribution in [-0.4, -0.2) is 27.3 Å². The van der Waals surface area contributed by atoms with E-state index in [4.69, 9.17) is 44.3 Å². The molecule has 0 atom stereocenters. The number of nitrogens with one attached hydrogen (secondary N) is 1. The third-order valence-corrected chi connectivity index (χ3v) is 4.86. The smallest absolute Gasteiger partial charge is 0.242 e. The summed E-state index contributed by atoms with van der Waals surface area (Å²) < 4.78 is 12.8. The van der Waals surface area contributed by atoms with Gasteiger partial charge in [-0.2, -0.15) is 0 Å². The summed E-state index contributed by atoms with van der Waals surface area (Å²) in [5.74, 6) is 1.62. The van der Waals surface area contributed by atoms with Gasteiger partial charge in [0.1, 0.15) is 6.61 Å². The first kappa shape index (κ1) is 19.5. The van der Waals surface area contributed by atoms with E-state index in [0.717, 1.165) is 11.1 Å². The Balaban J connectivity index is 1.73. The van der Waals surface area contributed by atoms with Crippen LogP contribution >= 0.6 is 34.8 Å². The predicted molar refractivity (Wildman–Crippen MR) is 105 cm³/mol. The molecular weight excluding hydrogens is 413 g/mol. The fourth-order valence-electron chi connectivity index (χ4n) is 2.33. The second-order valence-corrected chi connectivity index (χ2v) is 6.83. The van der Waals surface area contributed by atoms with Crippen molar-refractivity contribution in [2.24, 2.45) is 7.05 Å². The van der Waals surface area contributed by atoms with Crippen LogP contribution in [0.4, 0.5) is 5.95 Å². The van der Waals surface area contributed by atoms with Gasteiger partial charge in [-0.1, -0.05) is 46.0 Å². The molecule has 0 fully saturated rings. The molecule has 10 heteroatoms. The Kier molecular flexibility index (Phi) is 6.26. The van der Waals surface area contributed by atoms with E-state index >= 15 is 0 Å². The first-order valence-corrected chi connectivity index (χ1v) is 9.00. The summed E-state index contributed by atoms with van der Waals surface area (Å²) in [6.45, 7) is 0.724. The topological polar surface area (TPSA) is 74.1 Å². The highest BCUT2D eigenvalue weighted by atomic mass is 35.5. The highest BCUT2D eigenvalue weighted by Crippen LogP contribution is 2.34. The van der Waals surface area contributed by atoms with E-state index in [9.17, 15) is 0 Å². The van der Waals surface area contributed by atoms with Crippen molar-refractivity contribution in [1.82, 2.24) is 20.2 Å². The minimum Gasteiger partial charge on any atom is -0.493 e. The summed E-state index contributed by atoms with van der Waals surface area (Å²) in [7, 11) is 3.31. The molecular formula is C17H16Cl3N5O2. The van der Waals surface area contributed by atoms with Crippen molar-refractivity contribution in [3.8, 4) is 11.5 Å². The van der Waals surface area contributed by atoms with Crippen LogP contribution in [0, 0.1) is 0 Å². The summed E-state index contributed by atoms with van der Waals surface area (Å²) >= 11 is 18.4. The number of methoxy groups -OCH3 is 1. The second kappa shape index (κ2) is 8.65. The molecule has 0 aliphatic rings. The van der Waals surface area contributed by atoms with Crippen LogP contribution in [-0.2, 0) is 20.2 Å². The molecule has 0 saturated heterocycles. The highest BCUT2D eigenvalue weighted by Gasteiger charge is 2.12. The summed E-state index contributed by atoms with van der Waals surface area (Å²) in [6.07, 6.45) is 0. The van der Waals surface area contributed by atoms with Crippen LogP contribution in [0.3, 0.4) is 0 Å². The molecule has 0 spiro atoms. The molecule has 0 saturated carbocycles. The maximum atomic E-state index is 6.39. The van der Waals surface area contributed by atoms with E-state index in [2.05, 4.69) is 20.8 Å². The van der Waals surface area contributed by atoms with Crippen LogP contribution < -0.4 is 14.8 Å². The fraction of sp³-hybridized carbons (Fsp3) is 0.235. The highest BCUT2D eigenvalue weighted by molar-refractivity contribution is 6.42. The summed E-state index contributed by atoms with van der Waals surface area (Å²) in [6, 6.07) is 8.84. The second-order valence-electron chi connectivity index (χ2n) is 5.61. The van der Waals surface area contributed by atoms with E-state index in [1.54, 1.807) is 32.4 Å². The van der Waals surface area contributed by atoms with Crippen LogP contribution in [0.1, 0.15) is 11.1 Å². The van der Waals surface area contributed by atoms with Crippen molar-refractivity contribution in [3.63, 3.8) is 0 Å². The van der Waals surface area contributed by atoms with Crippen molar-refractivity contribution in [3.05, 3.63) is 56.5 Å². The van der Waals surface area contributed by atoms with E-state index < -0.39 is 0 Å². The number of aromatic nitrogens is 4. The molecule has 1 N–H and O–H groups in total. The zero-order valence-corrected chi connectivity index (χ0v) is 16.8. The van der Waals surface area contributed by atoms with Gasteiger partial charge in [-0.15, -0.1) is 0 Å². The van der Waals surface area contributed by atoms with Gasteiger partial charge in [-0.25, -0.2) is 4.68 Å². The zero-order valence-electron chi connectivity index (χ0n) is 14.5. The van der Waals surface area contributed by atoms with E-state index in [0.29, 0.717) is 45.7 Å². The Morgan fingerprint density at radius 1 is 1.04 bits per heavy atom. The van der Waals surface area contributed by atoms with Gasteiger partial charge in [0.2, 0.25) is 5.95 Å². The van der Waals surface area contributed by atoms with E-state index in [1.807, 2.05) is 12.1 Å². The first-order chi connectivity index (χ1) is 13.0. The number of hydrogen-bond donors (Lipinski definition) is 1. The average Bonchev–Trinajstić information content (AvgIpc) is 3.06. The molecule has 1 aromatic heterocycles. The maximum Gasteiger partial charge on any atom is 0.242 e. The number of tetrazole rings is 1. The number of halogens is 3. The lowest BCUT2D eigenvalue weighted by Gasteiger charge is -2.14. The largest absolute Gasteiger partial charge is 0.493 e. The zero-order chi connectivity index (χ0) is 19.4. The van der Waals surface area contributed by atoms with Gasteiger partial charge in [0, 0.05) is 24.7 Å². The lowest BCUT2D eigenvalue weighted by atomic mass is 10.2. The average molecular weight is 429 g/mol. The van der Waals surface area contributed by atoms with Gasteiger partial charge < -0.3 is 14.8 Å². The Bertz CT molecular complexity index is 948. The van der Waals surface area contributed by atoms with Crippen LogP contribution in [0.5, 0.6) is 11.5 Å². The lowest BCUT2D eigenvalue weighted by molar-refractivity contribution is 0.284. The van der Waals surface area contributed by atoms with Gasteiger partial charge in [0.15, 0.2) is 11.5 Å². The van der Waals surface area contributed by atoms with E-state index in [-0.39, 0.29) is 0 Å². The Labute approximate surface area is 171 Å². The quantitative estimate of drug-likeness (QED) is 0.602. The van der Waals surface area contributed by atoms with E-state index in [1.165, 1.54) is 4.68 Å². The van der Waals surface area contributed by atoms with Crippen LogP contribution in [0.15, 0.2) is 30.3 Å². The molecule has 3 aromatic rings. The molecule has 0 aliphatic heterocycles. The van der Waals surface area contributed by atoms with Gasteiger partial charge in [0.05, 0.1) is 17.2 Å². The lowest BCUT2D eigenvalue weighted by Crippen LogP contribution is -2.07. The van der Waals surface area contributed by atoms with Gasteiger partial charge >= 0.3 is 0 Å². The molecule has 0 aliphatic carbocycles. The molecule has 0 amide bonds. The number of rotatable bonds is 7. The molecule has 7 nitrogen and oxygen atoms in total. The monoisotopic (exact) mass is 427 g/mol. The fourth-order valence-corrected chi connectivity index (χ4v) is 2.87. The molecule has 0 bridgehead atoms. The molecule has 1 heterocycles. The van der Waals surface area contributed by atoms with Crippen molar-refractivity contribution in [2.45, 2.75) is 13.2 Å². The van der Waals surface area contributed by atoms with Gasteiger partial charge in [-0.3, -0.25) is 0 Å². The molecule has 142 valence electrons. The number of ether oxygens (including phenoxy) is 2. The summed E-state index contributed by atoms with van der Waals surface area (Å²) in [5.41, 5.74) is 1.70. The minimum absolute atomic E-state index is 0.297. The third kappa shape index (κ3) is 4.74. The molecule has 2 aromatic carbocycles. The van der Waals surface area contributed by atoms with Crippen molar-refractivity contribution in [1.29, 1.82) is 0 Å². The maximum absolute atomic E-state index is 6.39. The number of benzene rings is 2. The molecule has 27 heavy (non-hydrogen) atoms. The minimum atomic E-state index is 0.297. The van der Waals surface area contributed by atoms with Crippen molar-refractivity contribution in [2.75, 3.05) is 12.4 Å². The Morgan fingerprint density at radius 2 is 1.85 bits per heavy atom. The molecule has 0 radical (unpaired) electrons. The summed E-state index contributed by atoms with van der Waals surface area (Å²) in [5, 5.41) is 15.8. The van der Waals surface area contributed by atoms with Crippen molar-refractivity contribution >= 4 is 40.8 Å². The van der Waals surface area contributed by atoms with Crippen LogP contribution in [0.2, 0.25) is 15.1 Å². The van der Waals surface area contributed by atoms with Crippen LogP contribution in [0.25, 0.3) is 0 Å². The van der Waals surface area contributed by atoms with Gasteiger partial charge in [-0.05, 0) is 39.8 Å². The standard InChI is InChI=1S/C17H16Cl3N5O2/c1-25-17(22-23-24-25)21-8-11-6-15(26-2)16(7-13(11)19)27-9-10-3-4-12(18)14(20)5-10/h3-7H,8-9H2,1-2H3,(H,21,22,24). The molecule has 0 unspecified atom stereocenters. The first-order valence-electron chi connectivity index (χ1n) is 7.87. The Hall–Kier alpha value is -2.22. The SMILES string of the molecule is COc1cc(CNc2nnnn2C)c(Cl)cc1OCc1ccc(Cl)c(Cl)c1. The van der Waals surface area contributed by atoms with Crippen molar-refractivity contribution < 1.29 is 9.47 Å². The number of nitrogens with zero attached hydrogens (tertiary/aromatic N) is 4. The molecule has 3 rings (SSSR count). The third-order valence-electron chi connectivity index (χ3n) is 3.77. The number of aryl methyl sites for hydroxylation is 1. The normalized spacial score (nSPS) is 10.7. The van der Waals surface area contributed by atoms with Gasteiger partial charge in [0.25, 0.3) is 0 Å². The Morgan fingerprint density at radius 3 is 2.52 bits per heavy atom. The number of hydrogen-bond acceptors (Lipinski definition) is 6. The predicted octanol–water partition coefficient (Wildman–Crippen LogP) is 4.37. The number of anilines is 1. The summed E-state index contributed by atoms with van der Waals surface area (Å²) in [4.78, 5) is 0.